The zero-order valence-corrected chi connectivity index (χ0v) is 16.9. The van der Waals surface area contributed by atoms with Gasteiger partial charge in [-0.2, -0.15) is 5.26 Å². The Morgan fingerprint density at radius 1 is 1.28 bits per heavy atom. The summed E-state index contributed by atoms with van der Waals surface area (Å²) in [6, 6.07) is 5.91. The molecule has 2 aliphatic rings. The van der Waals surface area contributed by atoms with Crippen LogP contribution >= 0.6 is 0 Å². The summed E-state index contributed by atoms with van der Waals surface area (Å²) in [5.41, 5.74) is -0.926. The van der Waals surface area contributed by atoms with Gasteiger partial charge < -0.3 is 14.8 Å². The second-order valence-corrected chi connectivity index (χ2v) is 8.97. The van der Waals surface area contributed by atoms with E-state index in [4.69, 9.17) is 9.47 Å². The van der Waals surface area contributed by atoms with E-state index in [1.54, 1.807) is 0 Å². The maximum Gasteiger partial charge on any atom is 0.338 e. The molecule has 1 aromatic rings. The quantitative estimate of drug-likeness (QED) is 0.603. The summed E-state index contributed by atoms with van der Waals surface area (Å²) in [5, 5.41) is 11.9. The number of esters is 1. The molecule has 3 rings (SSSR count). The average molecular weight is 421 g/mol. The minimum atomic E-state index is -3.85. The maximum atomic E-state index is 12.5. The van der Waals surface area contributed by atoms with Gasteiger partial charge in [0.1, 0.15) is 16.2 Å². The first-order valence-corrected chi connectivity index (χ1v) is 10.9. The molecular formula is C19H23N3O6S. The Labute approximate surface area is 169 Å². The number of nitrogens with one attached hydrogen (secondary N) is 2. The topological polar surface area (TPSA) is 135 Å². The van der Waals surface area contributed by atoms with Crippen molar-refractivity contribution in [3.63, 3.8) is 0 Å². The number of sulfonamides is 1. The summed E-state index contributed by atoms with van der Waals surface area (Å²) in [6.07, 6.45) is 4.37. The highest BCUT2D eigenvalue weighted by molar-refractivity contribution is 7.89. The van der Waals surface area contributed by atoms with Crippen molar-refractivity contribution in [3.8, 4) is 11.8 Å². The van der Waals surface area contributed by atoms with E-state index < -0.39 is 34.0 Å². The summed E-state index contributed by atoms with van der Waals surface area (Å²) in [5.74, 6) is -1.31. The highest BCUT2D eigenvalue weighted by atomic mass is 32.2. The predicted molar refractivity (Wildman–Crippen MR) is 102 cm³/mol. The second kappa shape index (κ2) is 8.39. The molecule has 0 bridgehead atoms. The lowest BCUT2D eigenvalue weighted by Crippen LogP contribution is -2.46. The standard InChI is InChI=1S/C19H23N3O6S/c1-27-15-7-4-13(10-16(15)29(25,26)22-14-5-6-14)18(24)28-11-17(23)21-19(12-20)8-2-3-9-19/h4,7,10,14,22H,2-3,5-6,8-9,11H2,1H3,(H,21,23). The van der Waals surface area contributed by atoms with Crippen LogP contribution in [0.4, 0.5) is 0 Å². The van der Waals surface area contributed by atoms with Gasteiger partial charge in [-0.15, -0.1) is 0 Å². The zero-order chi connectivity index (χ0) is 21.1. The zero-order valence-electron chi connectivity index (χ0n) is 16.1. The molecule has 2 saturated carbocycles. The van der Waals surface area contributed by atoms with Gasteiger partial charge in [0.25, 0.3) is 5.91 Å². The number of nitriles is 1. The second-order valence-electron chi connectivity index (χ2n) is 7.29. The molecule has 0 saturated heterocycles. The third kappa shape index (κ3) is 5.05. The lowest BCUT2D eigenvalue weighted by atomic mass is 10.00. The van der Waals surface area contributed by atoms with E-state index >= 15 is 0 Å². The van der Waals surface area contributed by atoms with E-state index in [1.165, 1.54) is 19.2 Å². The third-order valence-corrected chi connectivity index (χ3v) is 6.51. The Bertz CT molecular complexity index is 943. The Morgan fingerprint density at radius 3 is 2.55 bits per heavy atom. The Kier molecular flexibility index (Phi) is 6.10. The minimum absolute atomic E-state index is 0.0226. The van der Waals surface area contributed by atoms with Gasteiger partial charge in [-0.05, 0) is 56.7 Å². The first kappa shape index (κ1) is 21.1. The molecule has 1 aromatic carbocycles. The van der Waals surface area contributed by atoms with Crippen LogP contribution in [0.15, 0.2) is 23.1 Å². The number of benzene rings is 1. The van der Waals surface area contributed by atoms with Crippen molar-refractivity contribution in [2.24, 2.45) is 0 Å². The van der Waals surface area contributed by atoms with E-state index in [2.05, 4.69) is 16.1 Å². The number of hydrogen-bond donors (Lipinski definition) is 2. The smallest absolute Gasteiger partial charge is 0.338 e. The van der Waals surface area contributed by atoms with Crippen LogP contribution in [0.2, 0.25) is 0 Å². The molecule has 29 heavy (non-hydrogen) atoms. The normalized spacial score (nSPS) is 17.9. The summed E-state index contributed by atoms with van der Waals surface area (Å²) in [4.78, 5) is 24.2. The highest BCUT2D eigenvalue weighted by Crippen LogP contribution is 2.29. The van der Waals surface area contributed by atoms with E-state index in [-0.39, 0.29) is 22.3 Å². The molecule has 0 unspecified atom stereocenters. The van der Waals surface area contributed by atoms with Crippen LogP contribution in [0, 0.1) is 11.3 Å². The summed E-state index contributed by atoms with van der Waals surface area (Å²) in [6.45, 7) is -0.559. The van der Waals surface area contributed by atoms with E-state index in [0.717, 1.165) is 31.7 Å². The molecule has 1 amide bonds. The SMILES string of the molecule is COc1ccc(C(=O)OCC(=O)NC2(C#N)CCCC2)cc1S(=O)(=O)NC1CC1. The average Bonchev–Trinajstić information content (AvgIpc) is 3.39. The molecule has 156 valence electrons. The van der Waals surface area contributed by atoms with Gasteiger partial charge in [0, 0.05) is 6.04 Å². The Hall–Kier alpha value is -2.64. The number of hydrogen-bond acceptors (Lipinski definition) is 7. The van der Waals surface area contributed by atoms with Gasteiger partial charge in [-0.25, -0.2) is 17.9 Å². The predicted octanol–water partition coefficient (Wildman–Crippen LogP) is 1.25. The van der Waals surface area contributed by atoms with Crippen LogP contribution in [0.25, 0.3) is 0 Å². The lowest BCUT2D eigenvalue weighted by molar-refractivity contribution is -0.125. The summed E-state index contributed by atoms with van der Waals surface area (Å²) in [7, 11) is -2.52. The van der Waals surface area contributed by atoms with Crippen molar-refractivity contribution in [1.82, 2.24) is 10.0 Å². The Balaban J connectivity index is 1.67. The molecular weight excluding hydrogens is 398 g/mol. The van der Waals surface area contributed by atoms with E-state index in [0.29, 0.717) is 12.8 Å². The van der Waals surface area contributed by atoms with Crippen molar-refractivity contribution >= 4 is 21.9 Å². The fourth-order valence-electron chi connectivity index (χ4n) is 3.26. The summed E-state index contributed by atoms with van der Waals surface area (Å²) < 4.78 is 37.7. The van der Waals surface area contributed by atoms with Gasteiger partial charge in [-0.3, -0.25) is 4.79 Å². The van der Waals surface area contributed by atoms with Crippen LogP contribution in [0.5, 0.6) is 5.75 Å². The van der Waals surface area contributed by atoms with E-state index in [1.807, 2.05) is 0 Å². The number of amides is 1. The number of carbonyl (C=O) groups excluding carboxylic acids is 2. The van der Waals surface area contributed by atoms with Gasteiger partial charge in [-0.1, -0.05) is 0 Å². The molecule has 10 heteroatoms. The summed E-state index contributed by atoms with van der Waals surface area (Å²) >= 11 is 0. The Morgan fingerprint density at radius 2 is 1.97 bits per heavy atom. The van der Waals surface area contributed by atoms with Crippen molar-refractivity contribution in [2.45, 2.75) is 55.0 Å². The minimum Gasteiger partial charge on any atom is -0.495 e. The number of ether oxygens (including phenoxy) is 2. The van der Waals surface area contributed by atoms with Gasteiger partial charge in [0.2, 0.25) is 10.0 Å². The molecule has 2 N–H and O–H groups in total. The van der Waals surface area contributed by atoms with Crippen LogP contribution < -0.4 is 14.8 Å². The van der Waals surface area contributed by atoms with Gasteiger partial charge in [0.05, 0.1) is 18.7 Å². The molecule has 0 atom stereocenters. The molecule has 2 fully saturated rings. The van der Waals surface area contributed by atoms with Crippen molar-refractivity contribution in [2.75, 3.05) is 13.7 Å². The highest BCUT2D eigenvalue weighted by Gasteiger charge is 2.35. The first-order chi connectivity index (χ1) is 13.8. The first-order valence-electron chi connectivity index (χ1n) is 9.38. The van der Waals surface area contributed by atoms with Crippen LogP contribution in [0.1, 0.15) is 48.9 Å². The van der Waals surface area contributed by atoms with Crippen LogP contribution in [-0.2, 0) is 19.6 Å². The number of nitrogens with zero attached hydrogens (tertiary/aromatic N) is 1. The largest absolute Gasteiger partial charge is 0.495 e. The van der Waals surface area contributed by atoms with E-state index in [9.17, 15) is 23.3 Å². The lowest BCUT2D eigenvalue weighted by Gasteiger charge is -2.21. The molecule has 0 heterocycles. The van der Waals surface area contributed by atoms with Crippen molar-refractivity contribution < 1.29 is 27.5 Å². The molecule has 9 nitrogen and oxygen atoms in total. The van der Waals surface area contributed by atoms with Crippen LogP contribution in [-0.4, -0.2) is 45.6 Å². The molecule has 0 spiro atoms. The van der Waals surface area contributed by atoms with Crippen LogP contribution in [0.3, 0.4) is 0 Å². The number of carbonyl (C=O) groups is 2. The fourth-order valence-corrected chi connectivity index (χ4v) is 4.76. The third-order valence-electron chi connectivity index (χ3n) is 4.97. The molecule has 0 aliphatic heterocycles. The molecule has 0 aromatic heterocycles. The monoisotopic (exact) mass is 421 g/mol. The van der Waals surface area contributed by atoms with Gasteiger partial charge in [0.15, 0.2) is 6.61 Å². The van der Waals surface area contributed by atoms with Crippen molar-refractivity contribution in [3.05, 3.63) is 23.8 Å². The number of methoxy groups -OCH3 is 1. The number of rotatable bonds is 8. The fraction of sp³-hybridized carbons (Fsp3) is 0.526. The van der Waals surface area contributed by atoms with Gasteiger partial charge >= 0.3 is 5.97 Å². The maximum absolute atomic E-state index is 12.5. The molecule has 2 aliphatic carbocycles. The van der Waals surface area contributed by atoms with Crippen molar-refractivity contribution in [1.29, 1.82) is 5.26 Å². The molecule has 0 radical (unpaired) electrons.